The van der Waals surface area contributed by atoms with Gasteiger partial charge in [-0.25, -0.2) is 4.98 Å². The molecule has 0 fully saturated rings. The van der Waals surface area contributed by atoms with Crippen LogP contribution in [0.15, 0.2) is 22.6 Å². The number of aromatic nitrogens is 1. The molecule has 18 heavy (non-hydrogen) atoms. The number of nitrogens with two attached hydrogens (primary N) is 1. The first kappa shape index (κ1) is 12.8. The van der Waals surface area contributed by atoms with Gasteiger partial charge in [0.25, 0.3) is 0 Å². The van der Waals surface area contributed by atoms with E-state index in [2.05, 4.69) is 4.98 Å². The largest absolute Gasteiger partial charge is 0.439 e. The van der Waals surface area contributed by atoms with Crippen molar-refractivity contribution in [1.82, 2.24) is 4.98 Å². The highest BCUT2D eigenvalue weighted by Crippen LogP contribution is 2.32. The maximum Gasteiger partial charge on any atom is 0.416 e. The standard InChI is InChI=1S/C11H11F3N2O2/c1-5(17)9(15)10-16-7-4-6(11(12,13)14)2-3-8(7)18-10/h2-5,9,17H,15H2,1H3. The van der Waals surface area contributed by atoms with Gasteiger partial charge in [-0.1, -0.05) is 0 Å². The Morgan fingerprint density at radius 2 is 2.06 bits per heavy atom. The van der Waals surface area contributed by atoms with E-state index in [4.69, 9.17) is 10.2 Å². The van der Waals surface area contributed by atoms with E-state index < -0.39 is 23.9 Å². The molecule has 98 valence electrons. The summed E-state index contributed by atoms with van der Waals surface area (Å²) < 4.78 is 42.7. The highest BCUT2D eigenvalue weighted by Gasteiger charge is 2.31. The maximum atomic E-state index is 12.5. The number of aliphatic hydroxyl groups excluding tert-OH is 1. The van der Waals surface area contributed by atoms with Gasteiger partial charge in [0.2, 0.25) is 5.89 Å². The molecule has 0 saturated heterocycles. The lowest BCUT2D eigenvalue weighted by molar-refractivity contribution is -0.137. The zero-order chi connectivity index (χ0) is 13.5. The number of aliphatic hydroxyl groups is 1. The van der Waals surface area contributed by atoms with Crippen molar-refractivity contribution in [3.63, 3.8) is 0 Å². The van der Waals surface area contributed by atoms with E-state index in [1.807, 2.05) is 0 Å². The van der Waals surface area contributed by atoms with Gasteiger partial charge in [-0.05, 0) is 25.1 Å². The van der Waals surface area contributed by atoms with E-state index in [1.54, 1.807) is 0 Å². The summed E-state index contributed by atoms with van der Waals surface area (Å²) in [6.07, 6.45) is -5.33. The molecule has 0 bridgehead atoms. The number of hydrogen-bond donors (Lipinski definition) is 2. The van der Waals surface area contributed by atoms with E-state index in [-0.39, 0.29) is 17.0 Å². The molecule has 2 rings (SSSR count). The Morgan fingerprint density at radius 1 is 1.39 bits per heavy atom. The molecule has 1 aromatic heterocycles. The molecule has 1 aromatic carbocycles. The van der Waals surface area contributed by atoms with Gasteiger partial charge in [0.15, 0.2) is 5.58 Å². The number of nitrogens with zero attached hydrogens (tertiary/aromatic N) is 1. The molecule has 7 heteroatoms. The minimum Gasteiger partial charge on any atom is -0.439 e. The van der Waals surface area contributed by atoms with Crippen LogP contribution in [0.1, 0.15) is 24.4 Å². The first-order chi connectivity index (χ1) is 8.29. The van der Waals surface area contributed by atoms with Gasteiger partial charge in [0.05, 0.1) is 11.7 Å². The fourth-order valence-corrected chi connectivity index (χ4v) is 1.47. The Labute approximate surface area is 100 Å². The predicted octanol–water partition coefficient (Wildman–Crippen LogP) is 2.23. The lowest BCUT2D eigenvalue weighted by Crippen LogP contribution is -2.23. The fourth-order valence-electron chi connectivity index (χ4n) is 1.47. The summed E-state index contributed by atoms with van der Waals surface area (Å²) in [6.45, 7) is 1.45. The SMILES string of the molecule is CC(O)C(N)c1nc2cc(C(F)(F)F)ccc2o1. The zero-order valence-corrected chi connectivity index (χ0v) is 9.40. The highest BCUT2D eigenvalue weighted by molar-refractivity contribution is 5.73. The second-order valence-corrected chi connectivity index (χ2v) is 4.00. The second-order valence-electron chi connectivity index (χ2n) is 4.00. The van der Waals surface area contributed by atoms with Gasteiger partial charge < -0.3 is 15.3 Å². The molecule has 0 spiro atoms. The Balaban J connectivity index is 2.46. The number of alkyl halides is 3. The van der Waals surface area contributed by atoms with Crippen LogP contribution >= 0.6 is 0 Å². The molecule has 2 aromatic rings. The van der Waals surface area contributed by atoms with Crippen LogP contribution in [0.3, 0.4) is 0 Å². The first-order valence-electron chi connectivity index (χ1n) is 5.20. The minimum absolute atomic E-state index is 0.0133. The van der Waals surface area contributed by atoms with Crippen LogP contribution in [0.2, 0.25) is 0 Å². The van der Waals surface area contributed by atoms with Crippen LogP contribution in [0.5, 0.6) is 0 Å². The van der Waals surface area contributed by atoms with Gasteiger partial charge in [-0.15, -0.1) is 0 Å². The molecule has 3 N–H and O–H groups in total. The van der Waals surface area contributed by atoms with E-state index in [1.165, 1.54) is 13.0 Å². The molecule has 2 unspecified atom stereocenters. The van der Waals surface area contributed by atoms with Crippen molar-refractivity contribution in [3.8, 4) is 0 Å². The lowest BCUT2D eigenvalue weighted by atomic mass is 10.2. The van der Waals surface area contributed by atoms with Gasteiger partial charge in [0, 0.05) is 0 Å². The molecule has 4 nitrogen and oxygen atoms in total. The van der Waals surface area contributed by atoms with Crippen molar-refractivity contribution in [2.45, 2.75) is 25.2 Å². The third-order valence-corrected chi connectivity index (χ3v) is 2.54. The highest BCUT2D eigenvalue weighted by atomic mass is 19.4. The van der Waals surface area contributed by atoms with E-state index in [9.17, 15) is 18.3 Å². The average Bonchev–Trinajstić information content (AvgIpc) is 2.68. The number of halogens is 3. The number of rotatable bonds is 2. The van der Waals surface area contributed by atoms with E-state index in [0.29, 0.717) is 0 Å². The minimum atomic E-state index is -4.43. The Bertz CT molecular complexity index is 563. The molecule has 0 saturated carbocycles. The maximum absolute atomic E-state index is 12.5. The smallest absolute Gasteiger partial charge is 0.416 e. The summed E-state index contributed by atoms with van der Waals surface area (Å²) in [6, 6.07) is 2.11. The van der Waals surface area contributed by atoms with E-state index >= 15 is 0 Å². The molecular weight excluding hydrogens is 249 g/mol. The molecule has 0 amide bonds. The molecule has 0 aliphatic rings. The van der Waals surface area contributed by atoms with Crippen molar-refractivity contribution in [3.05, 3.63) is 29.7 Å². The molecule has 1 heterocycles. The summed E-state index contributed by atoms with van der Waals surface area (Å²) in [5.41, 5.74) is 5.06. The van der Waals surface area contributed by atoms with Gasteiger partial charge in [0.1, 0.15) is 11.6 Å². The first-order valence-corrected chi connectivity index (χ1v) is 5.20. The van der Waals surface area contributed by atoms with Crippen LogP contribution in [0, 0.1) is 0 Å². The summed E-state index contributed by atoms with van der Waals surface area (Å²) in [4.78, 5) is 3.86. The fraction of sp³-hybridized carbons (Fsp3) is 0.364. The Kier molecular flexibility index (Phi) is 3.04. The van der Waals surface area contributed by atoms with Crippen LogP contribution in [-0.2, 0) is 6.18 Å². The molecule has 0 aliphatic carbocycles. The van der Waals surface area contributed by atoms with Crippen molar-refractivity contribution in [2.75, 3.05) is 0 Å². The molecule has 0 radical (unpaired) electrons. The van der Waals surface area contributed by atoms with Crippen molar-refractivity contribution < 1.29 is 22.7 Å². The third-order valence-electron chi connectivity index (χ3n) is 2.54. The predicted molar refractivity (Wildman–Crippen MR) is 57.6 cm³/mol. The Hall–Kier alpha value is -1.60. The van der Waals surface area contributed by atoms with E-state index in [0.717, 1.165) is 12.1 Å². The van der Waals surface area contributed by atoms with Crippen molar-refractivity contribution in [2.24, 2.45) is 5.73 Å². The van der Waals surface area contributed by atoms with Crippen LogP contribution in [0.25, 0.3) is 11.1 Å². The number of benzene rings is 1. The van der Waals surface area contributed by atoms with Crippen molar-refractivity contribution in [1.29, 1.82) is 0 Å². The average molecular weight is 260 g/mol. The zero-order valence-electron chi connectivity index (χ0n) is 9.40. The molecule has 0 aliphatic heterocycles. The van der Waals surface area contributed by atoms with Crippen LogP contribution in [0.4, 0.5) is 13.2 Å². The number of hydrogen-bond acceptors (Lipinski definition) is 4. The lowest BCUT2D eigenvalue weighted by Gasteiger charge is -2.09. The molecular formula is C11H11F3N2O2. The van der Waals surface area contributed by atoms with Gasteiger partial charge >= 0.3 is 6.18 Å². The Morgan fingerprint density at radius 3 is 2.61 bits per heavy atom. The van der Waals surface area contributed by atoms with Crippen LogP contribution < -0.4 is 5.73 Å². The second kappa shape index (κ2) is 4.25. The number of fused-ring (bicyclic) bond motifs is 1. The number of oxazole rings is 1. The summed E-state index contributed by atoms with van der Waals surface area (Å²) in [5.74, 6) is 0.0133. The van der Waals surface area contributed by atoms with Crippen LogP contribution in [-0.4, -0.2) is 16.2 Å². The quantitative estimate of drug-likeness (QED) is 0.868. The summed E-state index contributed by atoms with van der Waals surface area (Å²) in [5, 5.41) is 9.28. The monoisotopic (exact) mass is 260 g/mol. The summed E-state index contributed by atoms with van der Waals surface area (Å²) >= 11 is 0. The topological polar surface area (TPSA) is 72.3 Å². The normalized spacial score (nSPS) is 15.9. The third kappa shape index (κ3) is 2.32. The summed E-state index contributed by atoms with van der Waals surface area (Å²) in [7, 11) is 0. The molecule has 2 atom stereocenters. The van der Waals surface area contributed by atoms with Gasteiger partial charge in [-0.3, -0.25) is 0 Å². The van der Waals surface area contributed by atoms with Gasteiger partial charge in [-0.2, -0.15) is 13.2 Å². The van der Waals surface area contributed by atoms with Crippen molar-refractivity contribution >= 4 is 11.1 Å².